The van der Waals surface area contributed by atoms with E-state index in [9.17, 15) is 4.79 Å². The Hall–Kier alpha value is -0.910. The second-order valence-electron chi connectivity index (χ2n) is 5.35. The number of carbonyl (C=O) groups is 1. The Kier molecular flexibility index (Phi) is 5.52. The van der Waals surface area contributed by atoms with Gasteiger partial charge in [0.05, 0.1) is 23.3 Å². The van der Waals surface area contributed by atoms with Crippen LogP contribution in [0.2, 0.25) is 5.02 Å². The smallest absolute Gasteiger partial charge is 0.201 e. The van der Waals surface area contributed by atoms with Crippen molar-refractivity contribution >= 4 is 17.4 Å². The molecule has 0 aliphatic carbocycles. The van der Waals surface area contributed by atoms with Gasteiger partial charge in [0.25, 0.3) is 0 Å². The lowest BCUT2D eigenvalue weighted by atomic mass is 9.96. The second-order valence-corrected chi connectivity index (χ2v) is 5.76. The van der Waals surface area contributed by atoms with Gasteiger partial charge in [0.15, 0.2) is 0 Å². The van der Waals surface area contributed by atoms with Crippen molar-refractivity contribution in [1.82, 2.24) is 20.0 Å². The number of likely N-dealkylation sites (N-methyl/N-ethyl adjacent to an activating group) is 2. The van der Waals surface area contributed by atoms with Gasteiger partial charge < -0.3 is 10.2 Å². The summed E-state index contributed by atoms with van der Waals surface area (Å²) in [5.74, 6) is -0.0318. The van der Waals surface area contributed by atoms with Crippen LogP contribution in [0.4, 0.5) is 0 Å². The Labute approximate surface area is 119 Å². The molecule has 0 unspecified atom stereocenters. The second kappa shape index (κ2) is 6.50. The first kappa shape index (κ1) is 16.1. The number of nitrogens with one attached hydrogen (secondary N) is 1. The number of nitrogens with zero attached hydrogens (tertiary/aromatic N) is 3. The third-order valence-electron chi connectivity index (χ3n) is 2.96. The van der Waals surface area contributed by atoms with Crippen molar-refractivity contribution in [3.05, 3.63) is 16.9 Å². The molecule has 0 spiro atoms. The van der Waals surface area contributed by atoms with Crippen LogP contribution in [0.1, 0.15) is 31.3 Å². The summed E-state index contributed by atoms with van der Waals surface area (Å²) in [4.78, 5) is 14.6. The molecule has 5 nitrogen and oxygen atoms in total. The van der Waals surface area contributed by atoms with Crippen LogP contribution >= 0.6 is 11.6 Å². The van der Waals surface area contributed by atoms with Crippen molar-refractivity contribution in [3.63, 3.8) is 0 Å². The topological polar surface area (TPSA) is 50.2 Å². The zero-order valence-electron chi connectivity index (χ0n) is 12.3. The van der Waals surface area contributed by atoms with Gasteiger partial charge in [0, 0.05) is 6.54 Å². The number of hydrogen-bond donors (Lipinski definition) is 1. The molecule has 0 radical (unpaired) electrons. The zero-order chi connectivity index (χ0) is 14.6. The summed E-state index contributed by atoms with van der Waals surface area (Å²) < 4.78 is 1.68. The molecule has 1 aromatic rings. The van der Waals surface area contributed by atoms with E-state index in [0.29, 0.717) is 17.3 Å². The van der Waals surface area contributed by atoms with Gasteiger partial charge in [-0.05, 0) is 34.5 Å². The van der Waals surface area contributed by atoms with Crippen LogP contribution in [-0.4, -0.2) is 53.2 Å². The summed E-state index contributed by atoms with van der Waals surface area (Å²) >= 11 is 6.12. The molecular weight excluding hydrogens is 264 g/mol. The summed E-state index contributed by atoms with van der Waals surface area (Å²) in [6.07, 6.45) is 1.53. The molecule has 0 fully saturated rings. The maximum atomic E-state index is 12.6. The fourth-order valence-electron chi connectivity index (χ4n) is 1.87. The average molecular weight is 287 g/mol. The van der Waals surface area contributed by atoms with Gasteiger partial charge in [-0.2, -0.15) is 5.10 Å². The SMILES string of the molecule is CCNC(C)(C)C(=O)c1c(Cl)cnn1CCN(C)C. The predicted molar refractivity (Wildman–Crippen MR) is 77.9 cm³/mol. The van der Waals surface area contributed by atoms with E-state index < -0.39 is 5.54 Å². The largest absolute Gasteiger partial charge is 0.308 e. The lowest BCUT2D eigenvalue weighted by molar-refractivity contribution is 0.0872. The van der Waals surface area contributed by atoms with E-state index in [2.05, 4.69) is 10.4 Å². The Bertz CT molecular complexity index is 440. The highest BCUT2D eigenvalue weighted by molar-refractivity contribution is 6.34. The maximum Gasteiger partial charge on any atom is 0.201 e. The van der Waals surface area contributed by atoms with Gasteiger partial charge in [-0.25, -0.2) is 0 Å². The molecule has 19 heavy (non-hydrogen) atoms. The highest BCUT2D eigenvalue weighted by Gasteiger charge is 2.31. The van der Waals surface area contributed by atoms with E-state index in [1.165, 1.54) is 6.20 Å². The third kappa shape index (κ3) is 4.03. The first-order valence-electron chi connectivity index (χ1n) is 6.45. The van der Waals surface area contributed by atoms with E-state index in [4.69, 9.17) is 11.6 Å². The van der Waals surface area contributed by atoms with Crippen molar-refractivity contribution < 1.29 is 4.79 Å². The number of aromatic nitrogens is 2. The van der Waals surface area contributed by atoms with Gasteiger partial charge in [0.1, 0.15) is 5.69 Å². The van der Waals surface area contributed by atoms with Crippen LogP contribution in [0.15, 0.2) is 6.20 Å². The minimum atomic E-state index is -0.645. The van der Waals surface area contributed by atoms with E-state index in [1.807, 2.05) is 39.8 Å². The Morgan fingerprint density at radius 1 is 1.53 bits per heavy atom. The lowest BCUT2D eigenvalue weighted by Crippen LogP contribution is -2.47. The van der Waals surface area contributed by atoms with Crippen molar-refractivity contribution in [2.24, 2.45) is 0 Å². The van der Waals surface area contributed by atoms with Crippen LogP contribution in [0.25, 0.3) is 0 Å². The summed E-state index contributed by atoms with van der Waals surface area (Å²) in [6.45, 7) is 7.86. The Morgan fingerprint density at radius 2 is 2.16 bits per heavy atom. The molecule has 108 valence electrons. The zero-order valence-corrected chi connectivity index (χ0v) is 13.1. The molecule has 0 saturated carbocycles. The quantitative estimate of drug-likeness (QED) is 0.775. The van der Waals surface area contributed by atoms with Gasteiger partial charge in [0.2, 0.25) is 5.78 Å². The number of halogens is 1. The molecule has 1 N–H and O–H groups in total. The van der Waals surface area contributed by atoms with E-state index >= 15 is 0 Å². The van der Waals surface area contributed by atoms with Gasteiger partial charge in [-0.1, -0.05) is 18.5 Å². The van der Waals surface area contributed by atoms with Crippen LogP contribution in [0, 0.1) is 0 Å². The number of Topliss-reactive ketones (excluding diaryl/α,β-unsaturated/α-hetero) is 1. The number of carbonyl (C=O) groups excluding carboxylic acids is 1. The monoisotopic (exact) mass is 286 g/mol. The number of hydrogen-bond acceptors (Lipinski definition) is 4. The van der Waals surface area contributed by atoms with Crippen LogP contribution in [0.3, 0.4) is 0 Å². The molecule has 0 saturated heterocycles. The Morgan fingerprint density at radius 3 is 2.68 bits per heavy atom. The van der Waals surface area contributed by atoms with Crippen LogP contribution in [-0.2, 0) is 6.54 Å². The predicted octanol–water partition coefficient (Wildman–Crippen LogP) is 1.67. The van der Waals surface area contributed by atoms with E-state index in [0.717, 1.165) is 13.1 Å². The van der Waals surface area contributed by atoms with Gasteiger partial charge >= 0.3 is 0 Å². The van der Waals surface area contributed by atoms with Gasteiger partial charge in [-0.15, -0.1) is 0 Å². The number of ketones is 1. The molecule has 0 aromatic carbocycles. The molecule has 1 aromatic heterocycles. The van der Waals surface area contributed by atoms with E-state index in [1.54, 1.807) is 4.68 Å². The molecule has 1 rings (SSSR count). The summed E-state index contributed by atoms with van der Waals surface area (Å²) in [5, 5.41) is 7.77. The fourth-order valence-corrected chi connectivity index (χ4v) is 2.10. The molecule has 6 heteroatoms. The van der Waals surface area contributed by atoms with Crippen molar-refractivity contribution in [2.75, 3.05) is 27.2 Å². The van der Waals surface area contributed by atoms with E-state index in [-0.39, 0.29) is 5.78 Å². The summed E-state index contributed by atoms with van der Waals surface area (Å²) in [5.41, 5.74) is -0.164. The molecule has 1 heterocycles. The Balaban J connectivity index is 2.99. The molecular formula is C13H23ClN4O. The molecule has 0 atom stereocenters. The lowest BCUT2D eigenvalue weighted by Gasteiger charge is -2.24. The maximum absolute atomic E-state index is 12.6. The number of rotatable bonds is 7. The van der Waals surface area contributed by atoms with Gasteiger partial charge in [-0.3, -0.25) is 9.48 Å². The molecule has 0 aliphatic rings. The fraction of sp³-hybridized carbons (Fsp3) is 0.692. The standard InChI is InChI=1S/C13H23ClN4O/c1-6-15-13(2,3)12(19)11-10(14)9-16-18(11)8-7-17(4)5/h9,15H,6-8H2,1-5H3. The highest BCUT2D eigenvalue weighted by Crippen LogP contribution is 2.21. The molecule has 0 amide bonds. The van der Waals surface area contributed by atoms with Crippen LogP contribution in [0.5, 0.6) is 0 Å². The normalized spacial score (nSPS) is 12.2. The van der Waals surface area contributed by atoms with Crippen molar-refractivity contribution in [2.45, 2.75) is 32.9 Å². The minimum absolute atomic E-state index is 0.0318. The third-order valence-corrected chi connectivity index (χ3v) is 3.23. The minimum Gasteiger partial charge on any atom is -0.308 e. The van der Waals surface area contributed by atoms with Crippen molar-refractivity contribution in [1.29, 1.82) is 0 Å². The average Bonchev–Trinajstić information content (AvgIpc) is 2.66. The molecule has 0 bridgehead atoms. The van der Waals surface area contributed by atoms with Crippen molar-refractivity contribution in [3.8, 4) is 0 Å². The van der Waals surface area contributed by atoms with Crippen LogP contribution < -0.4 is 5.32 Å². The summed E-state index contributed by atoms with van der Waals surface area (Å²) in [6, 6.07) is 0. The molecule has 0 aliphatic heterocycles. The first-order valence-corrected chi connectivity index (χ1v) is 6.83. The summed E-state index contributed by atoms with van der Waals surface area (Å²) in [7, 11) is 3.96. The highest BCUT2D eigenvalue weighted by atomic mass is 35.5. The first-order chi connectivity index (χ1) is 8.79.